The van der Waals surface area contributed by atoms with E-state index in [1.807, 2.05) is 17.4 Å². The molecule has 0 spiro atoms. The number of thiophene rings is 1. The highest BCUT2D eigenvalue weighted by molar-refractivity contribution is 9.10. The molecule has 0 radical (unpaired) electrons. The molecule has 3 rings (SSSR count). The molecule has 0 bridgehead atoms. The molecule has 0 aliphatic carbocycles. The van der Waals surface area contributed by atoms with Gasteiger partial charge in [0.05, 0.1) is 0 Å². The molecule has 3 heterocycles. The zero-order valence-electron chi connectivity index (χ0n) is 10.5. The van der Waals surface area contributed by atoms with E-state index in [1.165, 1.54) is 9.35 Å². The normalized spacial score (nSPS) is 16.8. The fourth-order valence-corrected chi connectivity index (χ4v) is 3.72. The Labute approximate surface area is 125 Å². The summed E-state index contributed by atoms with van der Waals surface area (Å²) in [6, 6.07) is 3.97. The predicted octanol–water partition coefficient (Wildman–Crippen LogP) is 2.62. The standard InChI is InChI=1S/C13H15BrN4S/c14-11-2-9-19-12(11)10-17-5-7-18(8-6-17)13-15-3-1-4-16-13/h1-4,9H,5-8,10H2. The van der Waals surface area contributed by atoms with Crippen LogP contribution < -0.4 is 4.90 Å². The van der Waals surface area contributed by atoms with Crippen molar-refractivity contribution in [3.63, 3.8) is 0 Å². The molecule has 0 unspecified atom stereocenters. The fraction of sp³-hybridized carbons (Fsp3) is 0.385. The van der Waals surface area contributed by atoms with Gasteiger partial charge in [-0.1, -0.05) is 0 Å². The van der Waals surface area contributed by atoms with Crippen LogP contribution in [0.4, 0.5) is 5.95 Å². The number of hydrogen-bond acceptors (Lipinski definition) is 5. The van der Waals surface area contributed by atoms with Gasteiger partial charge in [0.1, 0.15) is 0 Å². The lowest BCUT2D eigenvalue weighted by atomic mass is 10.3. The number of anilines is 1. The van der Waals surface area contributed by atoms with Crippen molar-refractivity contribution in [2.24, 2.45) is 0 Å². The van der Waals surface area contributed by atoms with Gasteiger partial charge in [-0.2, -0.15) is 0 Å². The molecule has 1 saturated heterocycles. The summed E-state index contributed by atoms with van der Waals surface area (Å²) < 4.78 is 1.23. The summed E-state index contributed by atoms with van der Waals surface area (Å²) in [5.41, 5.74) is 0. The summed E-state index contributed by atoms with van der Waals surface area (Å²) in [5, 5.41) is 2.13. The quantitative estimate of drug-likeness (QED) is 0.861. The molecule has 0 amide bonds. The van der Waals surface area contributed by atoms with E-state index in [0.717, 1.165) is 38.7 Å². The second-order valence-corrected chi connectivity index (χ2v) is 6.36. The van der Waals surface area contributed by atoms with E-state index in [0.29, 0.717) is 0 Å². The van der Waals surface area contributed by atoms with E-state index in [2.05, 4.69) is 47.1 Å². The lowest BCUT2D eigenvalue weighted by molar-refractivity contribution is 0.250. The molecule has 6 heteroatoms. The molecule has 1 fully saturated rings. The second-order valence-electron chi connectivity index (χ2n) is 4.50. The number of hydrogen-bond donors (Lipinski definition) is 0. The second kappa shape index (κ2) is 5.98. The van der Waals surface area contributed by atoms with Gasteiger partial charge >= 0.3 is 0 Å². The highest BCUT2D eigenvalue weighted by Gasteiger charge is 2.19. The van der Waals surface area contributed by atoms with E-state index in [9.17, 15) is 0 Å². The van der Waals surface area contributed by atoms with Gasteiger partial charge in [0, 0.05) is 54.5 Å². The van der Waals surface area contributed by atoms with E-state index in [1.54, 1.807) is 12.4 Å². The van der Waals surface area contributed by atoms with Crippen LogP contribution in [0, 0.1) is 0 Å². The maximum Gasteiger partial charge on any atom is 0.225 e. The summed E-state index contributed by atoms with van der Waals surface area (Å²) in [6.07, 6.45) is 3.61. The first-order chi connectivity index (χ1) is 9.33. The largest absolute Gasteiger partial charge is 0.338 e. The van der Waals surface area contributed by atoms with Crippen LogP contribution in [0.1, 0.15) is 4.88 Å². The van der Waals surface area contributed by atoms with Gasteiger partial charge in [-0.25, -0.2) is 9.97 Å². The SMILES string of the molecule is Brc1ccsc1CN1CCN(c2ncccn2)CC1. The Morgan fingerprint density at radius 3 is 2.53 bits per heavy atom. The van der Waals surface area contributed by atoms with Gasteiger partial charge in [-0.15, -0.1) is 11.3 Å². The minimum absolute atomic E-state index is 0.847. The lowest BCUT2D eigenvalue weighted by Gasteiger charge is -2.34. The molecule has 1 aliphatic rings. The summed E-state index contributed by atoms with van der Waals surface area (Å²) in [6.45, 7) is 5.13. The fourth-order valence-electron chi connectivity index (χ4n) is 2.20. The minimum atomic E-state index is 0.847. The number of piperazine rings is 1. The third-order valence-corrected chi connectivity index (χ3v) is 5.18. The van der Waals surface area contributed by atoms with Crippen LogP contribution in [0.2, 0.25) is 0 Å². The first-order valence-electron chi connectivity index (χ1n) is 6.29. The van der Waals surface area contributed by atoms with Gasteiger partial charge in [-0.3, -0.25) is 4.90 Å². The van der Waals surface area contributed by atoms with Crippen LogP contribution in [0.15, 0.2) is 34.4 Å². The van der Waals surface area contributed by atoms with Gasteiger partial charge in [-0.05, 0) is 33.4 Å². The Bertz CT molecular complexity index is 522. The van der Waals surface area contributed by atoms with Crippen molar-refractivity contribution in [2.75, 3.05) is 31.1 Å². The number of nitrogens with zero attached hydrogens (tertiary/aromatic N) is 4. The third kappa shape index (κ3) is 3.13. The topological polar surface area (TPSA) is 32.3 Å². The van der Waals surface area contributed by atoms with Gasteiger partial charge in [0.2, 0.25) is 5.95 Å². The first kappa shape index (κ1) is 13.0. The molecular formula is C13H15BrN4S. The molecule has 1 aliphatic heterocycles. The summed E-state index contributed by atoms with van der Waals surface area (Å²) in [5.74, 6) is 0.847. The van der Waals surface area contributed by atoms with Gasteiger partial charge in [0.15, 0.2) is 0 Å². The molecule has 2 aromatic rings. The van der Waals surface area contributed by atoms with E-state index in [4.69, 9.17) is 0 Å². The van der Waals surface area contributed by atoms with Crippen molar-refractivity contribution < 1.29 is 0 Å². The monoisotopic (exact) mass is 338 g/mol. The van der Waals surface area contributed by atoms with E-state index < -0.39 is 0 Å². The van der Waals surface area contributed by atoms with Crippen molar-refractivity contribution in [3.8, 4) is 0 Å². The van der Waals surface area contributed by atoms with Crippen LogP contribution in [0.25, 0.3) is 0 Å². The average Bonchev–Trinajstić information content (AvgIpc) is 2.86. The van der Waals surface area contributed by atoms with Crippen LogP contribution in [-0.2, 0) is 6.54 Å². The van der Waals surface area contributed by atoms with Crippen molar-refractivity contribution >= 4 is 33.2 Å². The Kier molecular flexibility index (Phi) is 4.10. The maximum absolute atomic E-state index is 4.31. The average molecular weight is 339 g/mol. The Balaban J connectivity index is 1.57. The Morgan fingerprint density at radius 1 is 1.16 bits per heavy atom. The lowest BCUT2D eigenvalue weighted by Crippen LogP contribution is -2.46. The van der Waals surface area contributed by atoms with Gasteiger partial charge < -0.3 is 4.90 Å². The van der Waals surface area contributed by atoms with Crippen LogP contribution in [0.3, 0.4) is 0 Å². The molecule has 100 valence electrons. The molecule has 0 aromatic carbocycles. The third-order valence-electron chi connectivity index (χ3n) is 3.27. The van der Waals surface area contributed by atoms with Crippen molar-refractivity contribution in [1.82, 2.24) is 14.9 Å². The molecule has 19 heavy (non-hydrogen) atoms. The summed E-state index contributed by atoms with van der Waals surface area (Å²) >= 11 is 5.41. The Morgan fingerprint density at radius 2 is 1.89 bits per heavy atom. The van der Waals surface area contributed by atoms with Crippen molar-refractivity contribution in [1.29, 1.82) is 0 Å². The van der Waals surface area contributed by atoms with Crippen LogP contribution >= 0.6 is 27.3 Å². The highest BCUT2D eigenvalue weighted by Crippen LogP contribution is 2.24. The predicted molar refractivity (Wildman–Crippen MR) is 81.5 cm³/mol. The molecule has 2 aromatic heterocycles. The minimum Gasteiger partial charge on any atom is -0.338 e. The highest BCUT2D eigenvalue weighted by atomic mass is 79.9. The van der Waals surface area contributed by atoms with E-state index >= 15 is 0 Å². The molecule has 0 saturated carbocycles. The molecular weight excluding hydrogens is 324 g/mol. The summed E-state index contributed by atoms with van der Waals surface area (Å²) in [4.78, 5) is 14.8. The smallest absolute Gasteiger partial charge is 0.225 e. The number of aromatic nitrogens is 2. The first-order valence-corrected chi connectivity index (χ1v) is 7.96. The Hall–Kier alpha value is -0.980. The zero-order chi connectivity index (χ0) is 13.1. The van der Waals surface area contributed by atoms with E-state index in [-0.39, 0.29) is 0 Å². The van der Waals surface area contributed by atoms with Crippen molar-refractivity contribution in [2.45, 2.75) is 6.54 Å². The van der Waals surface area contributed by atoms with Crippen LogP contribution in [0.5, 0.6) is 0 Å². The summed E-state index contributed by atoms with van der Waals surface area (Å²) in [7, 11) is 0. The molecule has 4 nitrogen and oxygen atoms in total. The van der Waals surface area contributed by atoms with Crippen molar-refractivity contribution in [3.05, 3.63) is 39.3 Å². The maximum atomic E-state index is 4.31. The van der Waals surface area contributed by atoms with Crippen LogP contribution in [-0.4, -0.2) is 41.0 Å². The number of halogens is 1. The zero-order valence-corrected chi connectivity index (χ0v) is 12.9. The molecule has 0 N–H and O–H groups in total. The number of rotatable bonds is 3. The van der Waals surface area contributed by atoms with Gasteiger partial charge in [0.25, 0.3) is 0 Å². The molecule has 0 atom stereocenters.